The lowest BCUT2D eigenvalue weighted by Crippen LogP contribution is -2.13. The standard InChI is InChI=1S/C11H8ClN3O2/c12-8-6-7(2-3-9(8)16)10(17)15-11-13-4-1-5-14-11/h1-6,16H,(H,13,14,15,17). The first kappa shape index (κ1) is 11.3. The van der Waals surface area contributed by atoms with Crippen LogP contribution < -0.4 is 5.32 Å². The molecule has 17 heavy (non-hydrogen) atoms. The number of carbonyl (C=O) groups is 1. The minimum absolute atomic E-state index is 0.0702. The molecule has 1 amide bonds. The normalized spacial score (nSPS) is 9.94. The number of aromatic hydroxyl groups is 1. The van der Waals surface area contributed by atoms with Gasteiger partial charge in [-0.1, -0.05) is 11.6 Å². The first-order valence-corrected chi connectivity index (χ1v) is 5.11. The number of carbonyl (C=O) groups excluding carboxylic acids is 1. The second-order valence-corrected chi connectivity index (χ2v) is 3.60. The summed E-state index contributed by atoms with van der Waals surface area (Å²) in [5, 5.41) is 11.8. The van der Waals surface area contributed by atoms with Crippen LogP contribution in [0.4, 0.5) is 5.95 Å². The molecular weight excluding hydrogens is 242 g/mol. The van der Waals surface area contributed by atoms with E-state index >= 15 is 0 Å². The summed E-state index contributed by atoms with van der Waals surface area (Å²) in [4.78, 5) is 19.5. The molecule has 0 spiro atoms. The van der Waals surface area contributed by atoms with Crippen LogP contribution in [0.5, 0.6) is 5.75 Å². The van der Waals surface area contributed by atoms with Gasteiger partial charge in [0.25, 0.3) is 5.91 Å². The van der Waals surface area contributed by atoms with Gasteiger partial charge in [-0.2, -0.15) is 0 Å². The Hall–Kier alpha value is -2.14. The maximum atomic E-state index is 11.7. The van der Waals surface area contributed by atoms with Gasteiger partial charge in [0, 0.05) is 18.0 Å². The first-order valence-electron chi connectivity index (χ1n) is 4.74. The molecule has 5 nitrogen and oxygen atoms in total. The molecule has 2 N–H and O–H groups in total. The summed E-state index contributed by atoms with van der Waals surface area (Å²) in [7, 11) is 0. The lowest BCUT2D eigenvalue weighted by atomic mass is 10.2. The van der Waals surface area contributed by atoms with Crippen LogP contribution in [0.3, 0.4) is 0 Å². The van der Waals surface area contributed by atoms with E-state index in [1.807, 2.05) is 0 Å². The van der Waals surface area contributed by atoms with Crippen molar-refractivity contribution in [2.24, 2.45) is 0 Å². The van der Waals surface area contributed by atoms with Gasteiger partial charge >= 0.3 is 0 Å². The second kappa shape index (κ2) is 4.80. The fraction of sp³-hybridized carbons (Fsp3) is 0. The van der Waals surface area contributed by atoms with Crippen molar-refractivity contribution in [3.63, 3.8) is 0 Å². The molecule has 0 bridgehead atoms. The quantitative estimate of drug-likeness (QED) is 0.855. The number of nitrogens with zero attached hydrogens (tertiary/aromatic N) is 2. The van der Waals surface area contributed by atoms with Gasteiger partial charge < -0.3 is 5.11 Å². The van der Waals surface area contributed by atoms with Crippen LogP contribution in [0.25, 0.3) is 0 Å². The number of phenolic OH excluding ortho intramolecular Hbond substituents is 1. The maximum Gasteiger partial charge on any atom is 0.258 e. The van der Waals surface area contributed by atoms with E-state index in [9.17, 15) is 9.90 Å². The highest BCUT2D eigenvalue weighted by Crippen LogP contribution is 2.23. The van der Waals surface area contributed by atoms with E-state index in [4.69, 9.17) is 11.6 Å². The number of anilines is 1. The summed E-state index contributed by atoms with van der Waals surface area (Å²) in [5.74, 6) is -0.251. The fourth-order valence-electron chi connectivity index (χ4n) is 1.19. The van der Waals surface area contributed by atoms with Crippen LogP contribution in [0.15, 0.2) is 36.7 Å². The predicted octanol–water partition coefficient (Wildman–Crippen LogP) is 2.09. The molecule has 2 aromatic rings. The van der Waals surface area contributed by atoms with E-state index in [1.165, 1.54) is 30.6 Å². The molecule has 1 aromatic carbocycles. The summed E-state index contributed by atoms with van der Waals surface area (Å²) in [5.41, 5.74) is 0.320. The summed E-state index contributed by atoms with van der Waals surface area (Å²) >= 11 is 5.70. The summed E-state index contributed by atoms with van der Waals surface area (Å²) in [6, 6.07) is 5.82. The Balaban J connectivity index is 2.18. The molecule has 0 aliphatic rings. The van der Waals surface area contributed by atoms with Crippen molar-refractivity contribution in [2.75, 3.05) is 5.32 Å². The van der Waals surface area contributed by atoms with Crippen LogP contribution in [-0.4, -0.2) is 21.0 Å². The van der Waals surface area contributed by atoms with Crippen molar-refractivity contribution in [2.45, 2.75) is 0 Å². The highest BCUT2D eigenvalue weighted by Gasteiger charge is 2.09. The number of aromatic nitrogens is 2. The number of rotatable bonds is 2. The zero-order chi connectivity index (χ0) is 12.3. The van der Waals surface area contributed by atoms with Crippen molar-refractivity contribution in [3.05, 3.63) is 47.2 Å². The van der Waals surface area contributed by atoms with Gasteiger partial charge in [-0.15, -0.1) is 0 Å². The molecule has 0 aliphatic heterocycles. The Morgan fingerprint density at radius 1 is 1.29 bits per heavy atom. The molecule has 2 rings (SSSR count). The number of phenols is 1. The van der Waals surface area contributed by atoms with Crippen molar-refractivity contribution in [1.29, 1.82) is 0 Å². The van der Waals surface area contributed by atoms with Gasteiger partial charge in [0.15, 0.2) is 0 Å². The molecule has 0 atom stereocenters. The molecule has 0 saturated carbocycles. The lowest BCUT2D eigenvalue weighted by molar-refractivity contribution is 0.102. The Morgan fingerprint density at radius 3 is 2.65 bits per heavy atom. The van der Waals surface area contributed by atoms with Crippen molar-refractivity contribution in [3.8, 4) is 5.75 Å². The third-order valence-electron chi connectivity index (χ3n) is 2.00. The largest absolute Gasteiger partial charge is 0.506 e. The van der Waals surface area contributed by atoms with Crippen molar-refractivity contribution < 1.29 is 9.90 Å². The summed E-state index contributed by atoms with van der Waals surface area (Å²) in [6.07, 6.45) is 3.04. The van der Waals surface area contributed by atoms with Crippen LogP contribution in [0.2, 0.25) is 5.02 Å². The van der Waals surface area contributed by atoms with Crippen LogP contribution in [-0.2, 0) is 0 Å². The lowest BCUT2D eigenvalue weighted by Gasteiger charge is -2.04. The van der Waals surface area contributed by atoms with Crippen LogP contribution in [0.1, 0.15) is 10.4 Å². The minimum atomic E-state index is -0.391. The number of benzene rings is 1. The molecule has 0 unspecified atom stereocenters. The smallest absolute Gasteiger partial charge is 0.258 e. The molecule has 0 fully saturated rings. The second-order valence-electron chi connectivity index (χ2n) is 3.19. The van der Waals surface area contributed by atoms with Crippen molar-refractivity contribution in [1.82, 2.24) is 9.97 Å². The van der Waals surface area contributed by atoms with Gasteiger partial charge in [0.1, 0.15) is 5.75 Å². The number of halogens is 1. The van der Waals surface area contributed by atoms with Gasteiger partial charge in [0.05, 0.1) is 5.02 Å². The van der Waals surface area contributed by atoms with E-state index in [2.05, 4.69) is 15.3 Å². The average Bonchev–Trinajstić information content (AvgIpc) is 2.34. The first-order chi connectivity index (χ1) is 8.16. The number of nitrogens with one attached hydrogen (secondary N) is 1. The minimum Gasteiger partial charge on any atom is -0.506 e. The highest BCUT2D eigenvalue weighted by molar-refractivity contribution is 6.32. The Labute approximate surface area is 102 Å². The molecular formula is C11H8ClN3O2. The topological polar surface area (TPSA) is 75.1 Å². The number of hydrogen-bond acceptors (Lipinski definition) is 4. The van der Waals surface area contributed by atoms with E-state index in [0.29, 0.717) is 5.56 Å². The molecule has 0 radical (unpaired) electrons. The molecule has 0 aliphatic carbocycles. The summed E-state index contributed by atoms with van der Waals surface area (Å²) in [6.45, 7) is 0. The zero-order valence-corrected chi connectivity index (χ0v) is 9.35. The van der Waals surface area contributed by atoms with Gasteiger partial charge in [0.2, 0.25) is 5.95 Å². The summed E-state index contributed by atoms with van der Waals surface area (Å²) < 4.78 is 0. The number of amides is 1. The van der Waals surface area contributed by atoms with Gasteiger partial charge in [-0.05, 0) is 24.3 Å². The van der Waals surface area contributed by atoms with E-state index in [1.54, 1.807) is 6.07 Å². The monoisotopic (exact) mass is 249 g/mol. The van der Waals surface area contributed by atoms with Crippen LogP contribution >= 0.6 is 11.6 Å². The highest BCUT2D eigenvalue weighted by atomic mass is 35.5. The Kier molecular flexibility index (Phi) is 3.20. The van der Waals surface area contributed by atoms with Gasteiger partial charge in [-0.25, -0.2) is 9.97 Å². The Morgan fingerprint density at radius 2 is 2.00 bits per heavy atom. The third-order valence-corrected chi connectivity index (χ3v) is 2.30. The molecule has 1 aromatic heterocycles. The Bertz CT molecular complexity index is 546. The third kappa shape index (κ3) is 2.70. The predicted molar refractivity (Wildman–Crippen MR) is 63.1 cm³/mol. The number of hydrogen-bond donors (Lipinski definition) is 2. The molecule has 0 saturated heterocycles. The maximum absolute atomic E-state index is 11.7. The molecule has 6 heteroatoms. The van der Waals surface area contributed by atoms with Gasteiger partial charge in [-0.3, -0.25) is 10.1 Å². The van der Waals surface area contributed by atoms with E-state index in [-0.39, 0.29) is 16.7 Å². The van der Waals surface area contributed by atoms with E-state index in [0.717, 1.165) is 0 Å². The average molecular weight is 250 g/mol. The van der Waals surface area contributed by atoms with E-state index < -0.39 is 5.91 Å². The van der Waals surface area contributed by atoms with Crippen molar-refractivity contribution >= 4 is 23.5 Å². The zero-order valence-electron chi connectivity index (χ0n) is 8.59. The fourth-order valence-corrected chi connectivity index (χ4v) is 1.37. The molecule has 1 heterocycles. The molecule has 86 valence electrons. The SMILES string of the molecule is O=C(Nc1ncccn1)c1ccc(O)c(Cl)c1. The van der Waals surface area contributed by atoms with Crippen LogP contribution in [0, 0.1) is 0 Å².